The third-order valence-electron chi connectivity index (χ3n) is 0.607. The zero-order chi connectivity index (χ0) is 10.9. The maximum absolute atomic E-state index is 11.3. The summed E-state index contributed by atoms with van der Waals surface area (Å²) in [7, 11) is -4.15. The predicted octanol–water partition coefficient (Wildman–Crippen LogP) is 2.37. The van der Waals surface area contributed by atoms with Crippen LogP contribution in [0.1, 0.15) is 0 Å². The molecular formula is C6H9O7P. The summed E-state index contributed by atoms with van der Waals surface area (Å²) in [6.07, 6.45) is 2.55. The molecule has 0 radical (unpaired) electrons. The summed E-state index contributed by atoms with van der Waals surface area (Å²) in [5, 5.41) is 0. The monoisotopic (exact) mass is 224 g/mol. The van der Waals surface area contributed by atoms with Crippen LogP contribution in [0, 0.1) is 0 Å². The smallest absolute Gasteiger partial charge is 0.336 e. The maximum atomic E-state index is 11.3. The van der Waals surface area contributed by atoms with Crippen molar-refractivity contribution in [2.75, 3.05) is 0 Å². The highest BCUT2D eigenvalue weighted by Gasteiger charge is 2.33. The molecule has 80 valence electrons. The molecule has 0 saturated carbocycles. The summed E-state index contributed by atoms with van der Waals surface area (Å²) in [6.45, 7) is 9.37. The first kappa shape index (κ1) is 12.7. The van der Waals surface area contributed by atoms with Crippen LogP contribution in [0.5, 0.6) is 0 Å². The van der Waals surface area contributed by atoms with Crippen LogP contribution in [-0.4, -0.2) is 0 Å². The largest absolute Gasteiger partial charge is 0.583 e. The third-order valence-corrected chi connectivity index (χ3v) is 1.41. The van der Waals surface area contributed by atoms with E-state index in [0.29, 0.717) is 0 Å². The summed E-state index contributed by atoms with van der Waals surface area (Å²) in [6, 6.07) is 0. The molecule has 0 saturated heterocycles. The molecule has 0 aromatic rings. The Morgan fingerprint density at radius 1 is 0.786 bits per heavy atom. The Kier molecular flexibility index (Phi) is 6.51. The van der Waals surface area contributed by atoms with Crippen LogP contribution < -0.4 is 0 Å². The van der Waals surface area contributed by atoms with Crippen molar-refractivity contribution in [3.63, 3.8) is 0 Å². The first-order valence-electron chi connectivity index (χ1n) is 3.16. The van der Waals surface area contributed by atoms with Gasteiger partial charge in [0.15, 0.2) is 0 Å². The topological polar surface area (TPSA) is 72.5 Å². The lowest BCUT2D eigenvalue weighted by Crippen LogP contribution is -1.97. The van der Waals surface area contributed by atoms with Gasteiger partial charge in [-0.3, -0.25) is 0 Å². The Hall–Kier alpha value is -1.27. The molecule has 0 unspecified atom stereocenters. The van der Waals surface area contributed by atoms with Crippen molar-refractivity contribution in [1.82, 2.24) is 0 Å². The van der Waals surface area contributed by atoms with Crippen LogP contribution in [0.15, 0.2) is 38.5 Å². The second-order valence-corrected chi connectivity index (χ2v) is 2.80. The van der Waals surface area contributed by atoms with E-state index < -0.39 is 7.82 Å². The van der Waals surface area contributed by atoms with Crippen LogP contribution >= 0.6 is 7.82 Å². The van der Waals surface area contributed by atoms with E-state index in [2.05, 4.69) is 48.4 Å². The predicted molar refractivity (Wildman–Crippen MR) is 44.7 cm³/mol. The van der Waals surface area contributed by atoms with Crippen molar-refractivity contribution in [2.45, 2.75) is 0 Å². The molecule has 0 aromatic heterocycles. The van der Waals surface area contributed by atoms with Crippen LogP contribution in [0.4, 0.5) is 0 Å². The number of rotatable bonds is 9. The average Bonchev–Trinajstić information content (AvgIpc) is 2.21. The van der Waals surface area contributed by atoms with Gasteiger partial charge in [-0.1, -0.05) is 33.8 Å². The van der Waals surface area contributed by atoms with Gasteiger partial charge in [-0.15, -0.1) is 0 Å². The van der Waals surface area contributed by atoms with Crippen LogP contribution in [-0.2, 0) is 33.3 Å². The van der Waals surface area contributed by atoms with Gasteiger partial charge >= 0.3 is 7.82 Å². The van der Waals surface area contributed by atoms with Gasteiger partial charge in [0.2, 0.25) is 0 Å². The minimum atomic E-state index is -4.15. The summed E-state index contributed by atoms with van der Waals surface area (Å²) >= 11 is 0. The molecule has 7 nitrogen and oxygen atoms in total. The first-order chi connectivity index (χ1) is 6.68. The third kappa shape index (κ3) is 5.39. The van der Waals surface area contributed by atoms with Crippen molar-refractivity contribution < 1.29 is 33.3 Å². The molecule has 0 atom stereocenters. The second-order valence-electron chi connectivity index (χ2n) is 1.46. The van der Waals surface area contributed by atoms with Crippen LogP contribution in [0.2, 0.25) is 0 Å². The van der Waals surface area contributed by atoms with Gasteiger partial charge in [-0.25, -0.2) is 4.57 Å². The average molecular weight is 224 g/mol. The van der Waals surface area contributed by atoms with E-state index in [0.717, 1.165) is 18.8 Å². The Morgan fingerprint density at radius 2 is 1.07 bits per heavy atom. The molecular weight excluding hydrogens is 215 g/mol. The molecule has 0 heterocycles. The van der Waals surface area contributed by atoms with Gasteiger partial charge in [0, 0.05) is 0 Å². The van der Waals surface area contributed by atoms with E-state index in [9.17, 15) is 4.57 Å². The molecule has 8 heteroatoms. The lowest BCUT2D eigenvalue weighted by Gasteiger charge is -2.10. The summed E-state index contributed by atoms with van der Waals surface area (Å²) in [4.78, 5) is 12.3. The zero-order valence-electron chi connectivity index (χ0n) is 7.16. The van der Waals surface area contributed by atoms with Crippen molar-refractivity contribution >= 4 is 7.82 Å². The maximum Gasteiger partial charge on any atom is 0.583 e. The molecule has 0 aromatic carbocycles. The summed E-state index contributed by atoms with van der Waals surface area (Å²) < 4.78 is 23.7. The van der Waals surface area contributed by atoms with E-state index in [1.165, 1.54) is 0 Å². The fourth-order valence-corrected chi connectivity index (χ4v) is 0.860. The standard InChI is InChI=1S/C6H9O7P/c1-4-8-11-14(7,12-9-5-2)13-10-6-3/h4-6H,1-3H2. The van der Waals surface area contributed by atoms with Gasteiger partial charge in [-0.2, -0.15) is 0 Å². The molecule has 0 bridgehead atoms. The molecule has 0 aliphatic rings. The van der Waals surface area contributed by atoms with Crippen molar-refractivity contribution in [3.05, 3.63) is 38.5 Å². The molecule has 0 aliphatic carbocycles. The van der Waals surface area contributed by atoms with Gasteiger partial charge in [0.1, 0.15) is 18.8 Å². The van der Waals surface area contributed by atoms with Crippen molar-refractivity contribution in [2.24, 2.45) is 0 Å². The van der Waals surface area contributed by atoms with Crippen LogP contribution in [0.3, 0.4) is 0 Å². The van der Waals surface area contributed by atoms with E-state index in [4.69, 9.17) is 0 Å². The Morgan fingerprint density at radius 3 is 1.29 bits per heavy atom. The number of hydrogen-bond donors (Lipinski definition) is 0. The van der Waals surface area contributed by atoms with Gasteiger partial charge in [-0.05, 0) is 0 Å². The van der Waals surface area contributed by atoms with E-state index >= 15 is 0 Å². The van der Waals surface area contributed by atoms with Crippen molar-refractivity contribution in [1.29, 1.82) is 0 Å². The summed E-state index contributed by atoms with van der Waals surface area (Å²) in [5.41, 5.74) is 0. The minimum Gasteiger partial charge on any atom is -0.336 e. The molecule has 0 spiro atoms. The molecule has 0 fully saturated rings. The summed E-state index contributed by atoms with van der Waals surface area (Å²) in [5.74, 6) is 0. The lowest BCUT2D eigenvalue weighted by molar-refractivity contribution is -0.279. The first-order valence-corrected chi connectivity index (χ1v) is 4.62. The molecule has 0 aliphatic heterocycles. The van der Waals surface area contributed by atoms with E-state index in [-0.39, 0.29) is 0 Å². The highest BCUT2D eigenvalue weighted by Crippen LogP contribution is 2.50. The highest BCUT2D eigenvalue weighted by atomic mass is 31.2. The van der Waals surface area contributed by atoms with Gasteiger partial charge < -0.3 is 14.7 Å². The Bertz CT molecular complexity index is 200. The molecule has 14 heavy (non-hydrogen) atoms. The van der Waals surface area contributed by atoms with Gasteiger partial charge in [0.25, 0.3) is 0 Å². The van der Waals surface area contributed by atoms with Crippen molar-refractivity contribution in [3.8, 4) is 0 Å². The number of phosphoric acid groups is 1. The Balaban J connectivity index is 4.15. The zero-order valence-corrected chi connectivity index (χ0v) is 8.05. The molecule has 0 rings (SSSR count). The highest BCUT2D eigenvalue weighted by molar-refractivity contribution is 7.48. The fourth-order valence-electron chi connectivity index (χ4n) is 0.287. The SMILES string of the molecule is C=COOP(=O)(OOC=C)OOC=C. The number of hydrogen-bond acceptors (Lipinski definition) is 7. The van der Waals surface area contributed by atoms with E-state index in [1.54, 1.807) is 0 Å². The molecule has 0 N–H and O–H groups in total. The fraction of sp³-hybridized carbons (Fsp3) is 0. The quantitative estimate of drug-likeness (QED) is 0.257. The van der Waals surface area contributed by atoms with Crippen LogP contribution in [0.25, 0.3) is 0 Å². The molecule has 0 amide bonds. The lowest BCUT2D eigenvalue weighted by atomic mass is 11.2. The minimum absolute atomic E-state index is 0.848. The normalized spacial score (nSPS) is 10.0. The second kappa shape index (κ2) is 7.16. The Labute approximate surface area is 80.5 Å². The van der Waals surface area contributed by atoms with E-state index in [1.807, 2.05) is 0 Å². The van der Waals surface area contributed by atoms with Gasteiger partial charge in [0.05, 0.1) is 0 Å².